The predicted octanol–water partition coefficient (Wildman–Crippen LogP) is 1.22. The van der Waals surface area contributed by atoms with Gasteiger partial charge >= 0.3 is 0 Å². The van der Waals surface area contributed by atoms with Crippen LogP contribution in [0.5, 0.6) is 0 Å². The minimum atomic E-state index is -0.621. The number of carbonyl (C=O) groups excluding carboxylic acids is 2. The molecule has 1 spiro atoms. The minimum Gasteiger partial charge on any atom is -0.379 e. The van der Waals surface area contributed by atoms with Gasteiger partial charge in [-0.25, -0.2) is 0 Å². The van der Waals surface area contributed by atoms with E-state index in [4.69, 9.17) is 4.74 Å². The first-order valence-corrected chi connectivity index (χ1v) is 7.90. The third kappa shape index (κ3) is 2.12. The molecule has 2 heterocycles. The highest BCUT2D eigenvalue weighted by Gasteiger charge is 2.52. The maximum absolute atomic E-state index is 13.1. The van der Waals surface area contributed by atoms with E-state index in [0.29, 0.717) is 19.6 Å². The van der Waals surface area contributed by atoms with Crippen LogP contribution in [0.2, 0.25) is 0 Å². The molecule has 1 aliphatic carbocycles. The van der Waals surface area contributed by atoms with Crippen molar-refractivity contribution < 1.29 is 14.3 Å². The van der Waals surface area contributed by atoms with Crippen molar-refractivity contribution in [1.82, 2.24) is 10.2 Å². The third-order valence-electron chi connectivity index (χ3n) is 5.04. The van der Waals surface area contributed by atoms with E-state index in [1.165, 1.54) is 0 Å². The maximum Gasteiger partial charge on any atom is 0.249 e. The number of hydrogen-bond donors (Lipinski definition) is 1. The van der Waals surface area contributed by atoms with Crippen LogP contribution in [0.4, 0.5) is 0 Å². The quantitative estimate of drug-likeness (QED) is 0.827. The lowest BCUT2D eigenvalue weighted by atomic mass is 9.78. The van der Waals surface area contributed by atoms with Crippen molar-refractivity contribution in [2.45, 2.75) is 69.5 Å². The molecule has 0 radical (unpaired) electrons. The maximum atomic E-state index is 13.1. The van der Waals surface area contributed by atoms with Gasteiger partial charge in [-0.15, -0.1) is 0 Å². The first-order chi connectivity index (χ1) is 9.68. The number of rotatable bonds is 2. The lowest BCUT2D eigenvalue weighted by Gasteiger charge is -2.49. The van der Waals surface area contributed by atoms with Crippen LogP contribution >= 0.6 is 0 Å². The average molecular weight is 280 g/mol. The Labute approximate surface area is 120 Å². The molecule has 2 saturated heterocycles. The zero-order valence-corrected chi connectivity index (χ0v) is 12.2. The van der Waals surface area contributed by atoms with E-state index in [1.807, 2.05) is 11.8 Å². The molecule has 0 aromatic heterocycles. The number of hydrogen-bond acceptors (Lipinski definition) is 3. The number of nitrogens with one attached hydrogen (secondary N) is 1. The highest BCUT2D eigenvalue weighted by atomic mass is 16.5. The van der Waals surface area contributed by atoms with E-state index in [1.54, 1.807) is 0 Å². The molecule has 1 saturated carbocycles. The number of amides is 2. The third-order valence-corrected chi connectivity index (χ3v) is 5.04. The molecule has 112 valence electrons. The summed E-state index contributed by atoms with van der Waals surface area (Å²) in [4.78, 5) is 27.4. The van der Waals surface area contributed by atoms with E-state index in [2.05, 4.69) is 5.32 Å². The molecule has 0 aromatic rings. The second-order valence-corrected chi connectivity index (χ2v) is 6.29. The van der Waals surface area contributed by atoms with Gasteiger partial charge in [-0.3, -0.25) is 9.59 Å². The monoisotopic (exact) mass is 280 g/mol. The van der Waals surface area contributed by atoms with Crippen molar-refractivity contribution in [3.8, 4) is 0 Å². The van der Waals surface area contributed by atoms with Gasteiger partial charge in [0.1, 0.15) is 11.6 Å². The fourth-order valence-corrected chi connectivity index (χ4v) is 3.93. The first-order valence-electron chi connectivity index (χ1n) is 7.90. The van der Waals surface area contributed by atoms with Crippen molar-refractivity contribution in [2.24, 2.45) is 0 Å². The van der Waals surface area contributed by atoms with Gasteiger partial charge in [-0.2, -0.15) is 0 Å². The minimum absolute atomic E-state index is 0.0286. The van der Waals surface area contributed by atoms with Crippen molar-refractivity contribution in [1.29, 1.82) is 0 Å². The van der Waals surface area contributed by atoms with Crippen LogP contribution in [0.1, 0.15) is 51.9 Å². The van der Waals surface area contributed by atoms with Gasteiger partial charge in [-0.05, 0) is 25.7 Å². The molecule has 2 aliphatic heterocycles. The van der Waals surface area contributed by atoms with Gasteiger partial charge in [0.2, 0.25) is 11.8 Å². The van der Waals surface area contributed by atoms with Crippen molar-refractivity contribution >= 4 is 11.8 Å². The first kappa shape index (κ1) is 13.9. The molecule has 1 N–H and O–H groups in total. The van der Waals surface area contributed by atoms with Crippen LogP contribution in [-0.4, -0.2) is 47.6 Å². The fourth-order valence-electron chi connectivity index (χ4n) is 3.93. The Hall–Kier alpha value is -1.10. The second-order valence-electron chi connectivity index (χ2n) is 6.29. The smallest absolute Gasteiger partial charge is 0.249 e. The van der Waals surface area contributed by atoms with E-state index in [9.17, 15) is 9.59 Å². The number of carbonyl (C=O) groups is 2. The van der Waals surface area contributed by atoms with Crippen LogP contribution in [0.3, 0.4) is 0 Å². The SMILES string of the molecule is CCC1C(=O)NC2(CCCCC2)C(=O)N1C1CCOC1. The summed E-state index contributed by atoms with van der Waals surface area (Å²) in [6.07, 6.45) is 6.32. The topological polar surface area (TPSA) is 58.6 Å². The number of nitrogens with zero attached hydrogens (tertiary/aromatic N) is 1. The molecule has 5 nitrogen and oxygen atoms in total. The second kappa shape index (κ2) is 5.35. The molecule has 3 rings (SSSR count). The summed E-state index contributed by atoms with van der Waals surface area (Å²) in [5.74, 6) is 0.167. The molecular weight excluding hydrogens is 256 g/mol. The van der Waals surface area contributed by atoms with Gasteiger partial charge in [0.25, 0.3) is 0 Å². The Kier molecular flexibility index (Phi) is 3.71. The Balaban J connectivity index is 1.90. The van der Waals surface area contributed by atoms with Crippen molar-refractivity contribution in [3.05, 3.63) is 0 Å². The van der Waals surface area contributed by atoms with Gasteiger partial charge in [-0.1, -0.05) is 26.2 Å². The van der Waals surface area contributed by atoms with Crippen LogP contribution in [0.15, 0.2) is 0 Å². The molecular formula is C15H24N2O3. The summed E-state index contributed by atoms with van der Waals surface area (Å²) in [6, 6.07) is -0.237. The van der Waals surface area contributed by atoms with Crippen molar-refractivity contribution in [3.63, 3.8) is 0 Å². The normalized spacial score (nSPS) is 33.5. The van der Waals surface area contributed by atoms with Gasteiger partial charge in [0, 0.05) is 6.61 Å². The van der Waals surface area contributed by atoms with E-state index >= 15 is 0 Å². The molecule has 2 amide bonds. The highest BCUT2D eigenvalue weighted by molar-refractivity contribution is 6.00. The summed E-state index contributed by atoms with van der Waals surface area (Å²) >= 11 is 0. The van der Waals surface area contributed by atoms with Crippen LogP contribution in [-0.2, 0) is 14.3 Å². The summed E-state index contributed by atoms with van der Waals surface area (Å²) in [5.41, 5.74) is -0.621. The van der Waals surface area contributed by atoms with E-state index in [0.717, 1.165) is 38.5 Å². The zero-order valence-electron chi connectivity index (χ0n) is 12.2. The zero-order chi connectivity index (χ0) is 14.2. The average Bonchev–Trinajstić information content (AvgIpc) is 2.97. The molecule has 20 heavy (non-hydrogen) atoms. The summed E-state index contributed by atoms with van der Waals surface area (Å²) in [7, 11) is 0. The van der Waals surface area contributed by atoms with Gasteiger partial charge in [0.05, 0.1) is 12.6 Å². The molecule has 2 atom stereocenters. The lowest BCUT2D eigenvalue weighted by molar-refractivity contribution is -0.159. The van der Waals surface area contributed by atoms with Crippen LogP contribution < -0.4 is 5.32 Å². The van der Waals surface area contributed by atoms with E-state index in [-0.39, 0.29) is 23.9 Å². The summed E-state index contributed by atoms with van der Waals surface area (Å²) in [5, 5.41) is 3.06. The predicted molar refractivity (Wildman–Crippen MR) is 74.1 cm³/mol. The van der Waals surface area contributed by atoms with Crippen molar-refractivity contribution in [2.75, 3.05) is 13.2 Å². The Morgan fingerprint density at radius 1 is 1.30 bits per heavy atom. The summed E-state index contributed by atoms with van der Waals surface area (Å²) in [6.45, 7) is 3.24. The highest BCUT2D eigenvalue weighted by Crippen LogP contribution is 2.35. The molecule has 5 heteroatoms. The summed E-state index contributed by atoms with van der Waals surface area (Å²) < 4.78 is 5.44. The van der Waals surface area contributed by atoms with Crippen LogP contribution in [0, 0.1) is 0 Å². The largest absolute Gasteiger partial charge is 0.379 e. The number of piperazine rings is 1. The molecule has 3 aliphatic rings. The number of ether oxygens (including phenoxy) is 1. The van der Waals surface area contributed by atoms with Gasteiger partial charge in [0.15, 0.2) is 0 Å². The molecule has 3 fully saturated rings. The van der Waals surface area contributed by atoms with E-state index < -0.39 is 5.54 Å². The Morgan fingerprint density at radius 2 is 2.05 bits per heavy atom. The fraction of sp³-hybridized carbons (Fsp3) is 0.867. The standard InChI is InChI=1S/C15H24N2O3/c1-2-12-13(18)16-15(7-4-3-5-8-15)14(19)17(12)11-6-9-20-10-11/h11-12H,2-10H2,1H3,(H,16,18). The Morgan fingerprint density at radius 3 is 2.65 bits per heavy atom. The molecule has 0 bridgehead atoms. The Bertz CT molecular complexity index is 398. The molecule has 0 aromatic carbocycles. The van der Waals surface area contributed by atoms with Crippen LogP contribution in [0.25, 0.3) is 0 Å². The van der Waals surface area contributed by atoms with Gasteiger partial charge < -0.3 is 15.0 Å². The lowest BCUT2D eigenvalue weighted by Crippen LogP contribution is -2.72. The molecule has 2 unspecified atom stereocenters.